The van der Waals surface area contributed by atoms with Crippen molar-refractivity contribution < 1.29 is 18.3 Å². The van der Waals surface area contributed by atoms with Crippen LogP contribution in [0.25, 0.3) is 0 Å². The molecule has 0 saturated carbocycles. The summed E-state index contributed by atoms with van der Waals surface area (Å²) in [6, 6.07) is 1.13. The summed E-state index contributed by atoms with van der Waals surface area (Å²) in [5.41, 5.74) is 11.0. The normalized spacial score (nSPS) is 10.5. The van der Waals surface area contributed by atoms with Crippen molar-refractivity contribution >= 4 is 11.5 Å². The summed E-state index contributed by atoms with van der Waals surface area (Å²) in [4.78, 5) is 7.78. The van der Waals surface area contributed by atoms with Gasteiger partial charge >= 0.3 is 0 Å². The van der Waals surface area contributed by atoms with E-state index in [9.17, 15) is 8.78 Å². The number of benzene rings is 1. The van der Waals surface area contributed by atoms with Gasteiger partial charge in [-0.3, -0.25) is 0 Å². The van der Waals surface area contributed by atoms with Crippen LogP contribution >= 0.6 is 0 Å². The standard InChI is InChI=1S/C13H14F2N4O2/c1-20-8-4-9(21-2)12(15)6(11(8)14)3-10-18-5-7(16)13(17)19-10/h4-5H,3,16H2,1-2H3,(H2,17,18,19). The van der Waals surface area contributed by atoms with Crippen molar-refractivity contribution in [3.05, 3.63) is 35.3 Å². The largest absolute Gasteiger partial charge is 0.494 e. The van der Waals surface area contributed by atoms with E-state index in [0.29, 0.717) is 0 Å². The van der Waals surface area contributed by atoms with Gasteiger partial charge in [0.25, 0.3) is 0 Å². The monoisotopic (exact) mass is 296 g/mol. The average Bonchev–Trinajstić information content (AvgIpc) is 2.47. The average molecular weight is 296 g/mol. The summed E-state index contributed by atoms with van der Waals surface area (Å²) < 4.78 is 38.1. The molecule has 8 heteroatoms. The highest BCUT2D eigenvalue weighted by Crippen LogP contribution is 2.32. The minimum absolute atomic E-state index is 0.0516. The summed E-state index contributed by atoms with van der Waals surface area (Å²) >= 11 is 0. The number of rotatable bonds is 4. The molecule has 0 amide bonds. The second-order valence-corrected chi connectivity index (χ2v) is 4.19. The van der Waals surface area contributed by atoms with Crippen molar-refractivity contribution in [2.75, 3.05) is 25.7 Å². The van der Waals surface area contributed by atoms with Gasteiger partial charge in [0.1, 0.15) is 11.6 Å². The lowest BCUT2D eigenvalue weighted by atomic mass is 10.1. The van der Waals surface area contributed by atoms with Crippen LogP contribution in [0.15, 0.2) is 12.3 Å². The predicted octanol–water partition coefficient (Wildman–Crippen LogP) is 1.53. The van der Waals surface area contributed by atoms with Gasteiger partial charge < -0.3 is 20.9 Å². The minimum atomic E-state index is -0.838. The van der Waals surface area contributed by atoms with Gasteiger partial charge in [-0.05, 0) is 0 Å². The molecule has 0 atom stereocenters. The van der Waals surface area contributed by atoms with Crippen LogP contribution in [0.5, 0.6) is 11.5 Å². The van der Waals surface area contributed by atoms with E-state index in [2.05, 4.69) is 9.97 Å². The molecule has 2 rings (SSSR count). The molecular formula is C13H14F2N4O2. The van der Waals surface area contributed by atoms with Crippen LogP contribution in [0.4, 0.5) is 20.3 Å². The Morgan fingerprint density at radius 1 is 1.10 bits per heavy atom. The van der Waals surface area contributed by atoms with Gasteiger partial charge in [0.05, 0.1) is 26.1 Å². The Labute approximate surface area is 119 Å². The lowest BCUT2D eigenvalue weighted by Crippen LogP contribution is -2.08. The third-order valence-electron chi connectivity index (χ3n) is 2.90. The van der Waals surface area contributed by atoms with Crippen molar-refractivity contribution in [2.24, 2.45) is 0 Å². The summed E-state index contributed by atoms with van der Waals surface area (Å²) in [6.07, 6.45) is 1.07. The molecule has 112 valence electrons. The van der Waals surface area contributed by atoms with Crippen LogP contribution in [-0.2, 0) is 6.42 Å². The van der Waals surface area contributed by atoms with E-state index >= 15 is 0 Å². The number of ether oxygens (including phenoxy) is 2. The van der Waals surface area contributed by atoms with Crippen molar-refractivity contribution in [3.63, 3.8) is 0 Å². The molecule has 0 bridgehead atoms. The Bertz CT molecular complexity index is 651. The zero-order chi connectivity index (χ0) is 15.6. The molecule has 0 spiro atoms. The lowest BCUT2D eigenvalue weighted by Gasteiger charge is -2.12. The lowest BCUT2D eigenvalue weighted by molar-refractivity contribution is 0.354. The first-order valence-corrected chi connectivity index (χ1v) is 5.93. The Balaban J connectivity index is 2.49. The fourth-order valence-corrected chi connectivity index (χ4v) is 1.78. The molecule has 0 saturated heterocycles. The smallest absolute Gasteiger partial charge is 0.171 e. The summed E-state index contributed by atoms with van der Waals surface area (Å²) in [6.45, 7) is 0. The van der Waals surface area contributed by atoms with E-state index < -0.39 is 11.6 Å². The quantitative estimate of drug-likeness (QED) is 0.888. The van der Waals surface area contributed by atoms with Crippen molar-refractivity contribution in [1.82, 2.24) is 9.97 Å². The van der Waals surface area contributed by atoms with E-state index in [1.54, 1.807) is 0 Å². The Morgan fingerprint density at radius 2 is 1.67 bits per heavy atom. The molecule has 0 fully saturated rings. The van der Waals surface area contributed by atoms with Gasteiger partial charge in [-0.25, -0.2) is 18.7 Å². The first-order chi connectivity index (χ1) is 9.97. The number of nitrogens with two attached hydrogens (primary N) is 2. The highest BCUT2D eigenvalue weighted by atomic mass is 19.1. The molecule has 0 aliphatic carbocycles. The maximum atomic E-state index is 14.2. The molecule has 1 heterocycles. The first-order valence-electron chi connectivity index (χ1n) is 5.93. The summed E-state index contributed by atoms with van der Waals surface area (Å²) in [5, 5.41) is 0. The van der Waals surface area contributed by atoms with Crippen molar-refractivity contribution in [3.8, 4) is 11.5 Å². The Morgan fingerprint density at radius 3 is 2.14 bits per heavy atom. The van der Waals surface area contributed by atoms with Gasteiger partial charge in [-0.2, -0.15) is 0 Å². The number of nitrogens with zero attached hydrogens (tertiary/aromatic N) is 2. The van der Waals surface area contributed by atoms with Crippen LogP contribution in [0.2, 0.25) is 0 Å². The molecule has 6 nitrogen and oxygen atoms in total. The molecule has 0 radical (unpaired) electrons. The molecule has 0 unspecified atom stereocenters. The van der Waals surface area contributed by atoms with E-state index in [1.165, 1.54) is 20.4 Å². The van der Waals surface area contributed by atoms with Gasteiger partial charge in [0.2, 0.25) is 0 Å². The molecule has 1 aromatic heterocycles. The third kappa shape index (κ3) is 2.78. The number of hydrogen-bond acceptors (Lipinski definition) is 6. The van der Waals surface area contributed by atoms with E-state index in [4.69, 9.17) is 20.9 Å². The number of anilines is 2. The summed E-state index contributed by atoms with van der Waals surface area (Å²) in [7, 11) is 2.55. The maximum Gasteiger partial charge on any atom is 0.171 e. The maximum absolute atomic E-state index is 14.2. The molecule has 4 N–H and O–H groups in total. The van der Waals surface area contributed by atoms with Gasteiger partial charge in [-0.1, -0.05) is 0 Å². The van der Waals surface area contributed by atoms with Gasteiger partial charge in [0, 0.05) is 18.1 Å². The van der Waals surface area contributed by atoms with Gasteiger partial charge in [-0.15, -0.1) is 0 Å². The highest BCUT2D eigenvalue weighted by Gasteiger charge is 2.21. The minimum Gasteiger partial charge on any atom is -0.494 e. The topological polar surface area (TPSA) is 96.3 Å². The van der Waals surface area contributed by atoms with Crippen LogP contribution in [0, 0.1) is 11.6 Å². The third-order valence-corrected chi connectivity index (χ3v) is 2.90. The molecule has 2 aromatic rings. The van der Waals surface area contributed by atoms with E-state index in [0.717, 1.165) is 6.07 Å². The molecule has 0 aliphatic heterocycles. The molecule has 0 aliphatic rings. The Kier molecular flexibility index (Phi) is 4.06. The second kappa shape index (κ2) is 5.78. The van der Waals surface area contributed by atoms with Crippen LogP contribution in [0.1, 0.15) is 11.4 Å². The molecule has 1 aromatic carbocycles. The number of aromatic nitrogens is 2. The number of nitrogen functional groups attached to an aromatic ring is 2. The molecular weight excluding hydrogens is 282 g/mol. The highest BCUT2D eigenvalue weighted by molar-refractivity contribution is 5.56. The zero-order valence-electron chi connectivity index (χ0n) is 11.5. The fraction of sp³-hybridized carbons (Fsp3) is 0.231. The number of hydrogen-bond donors (Lipinski definition) is 2. The second-order valence-electron chi connectivity index (χ2n) is 4.19. The van der Waals surface area contributed by atoms with Crippen LogP contribution in [-0.4, -0.2) is 24.2 Å². The fourth-order valence-electron chi connectivity index (χ4n) is 1.78. The van der Waals surface area contributed by atoms with E-state index in [1.807, 2.05) is 0 Å². The summed E-state index contributed by atoms with van der Waals surface area (Å²) in [5.74, 6) is -1.76. The van der Waals surface area contributed by atoms with Crippen molar-refractivity contribution in [1.29, 1.82) is 0 Å². The predicted molar refractivity (Wildman–Crippen MR) is 73.1 cm³/mol. The number of halogens is 2. The van der Waals surface area contributed by atoms with E-state index in [-0.39, 0.29) is 40.8 Å². The van der Waals surface area contributed by atoms with Crippen LogP contribution < -0.4 is 20.9 Å². The van der Waals surface area contributed by atoms with Crippen molar-refractivity contribution in [2.45, 2.75) is 6.42 Å². The van der Waals surface area contributed by atoms with Gasteiger partial charge in [0.15, 0.2) is 23.1 Å². The first kappa shape index (κ1) is 14.8. The number of methoxy groups -OCH3 is 2. The zero-order valence-corrected chi connectivity index (χ0v) is 11.5. The Hall–Kier alpha value is -2.64. The SMILES string of the molecule is COc1cc(OC)c(F)c(Cc2ncc(N)c(N)n2)c1F. The molecule has 21 heavy (non-hydrogen) atoms. The van der Waals surface area contributed by atoms with Crippen LogP contribution in [0.3, 0.4) is 0 Å².